The molecule has 2 amide bonds. The first-order valence-electron chi connectivity index (χ1n) is 5.09. The molecule has 16 heavy (non-hydrogen) atoms. The van der Waals surface area contributed by atoms with E-state index >= 15 is 0 Å². The number of hydrogen-bond acceptors (Lipinski definition) is 2. The Bertz CT molecular complexity index is 369. The lowest BCUT2D eigenvalue weighted by atomic mass is 10.2. The maximum atomic E-state index is 11.4. The fourth-order valence-electron chi connectivity index (χ4n) is 1.47. The predicted octanol–water partition coefficient (Wildman–Crippen LogP) is 2.16. The van der Waals surface area contributed by atoms with E-state index in [2.05, 4.69) is 6.92 Å². The molecule has 87 valence electrons. The van der Waals surface area contributed by atoms with E-state index in [0.29, 0.717) is 18.0 Å². The van der Waals surface area contributed by atoms with Gasteiger partial charge in [0.1, 0.15) is 5.75 Å². The molecule has 4 nitrogen and oxygen atoms in total. The monoisotopic (exact) mass is 222 g/mol. The molecule has 0 aliphatic rings. The Labute approximate surface area is 97.5 Å². The summed E-state index contributed by atoms with van der Waals surface area (Å²) in [6.45, 7) is 6.24. The molecular formula is C12H18N2O2+. The minimum atomic E-state index is -0.500. The van der Waals surface area contributed by atoms with Gasteiger partial charge >= 0.3 is 7.46 Å². The van der Waals surface area contributed by atoms with Crippen molar-refractivity contribution in [1.82, 2.24) is 0 Å². The summed E-state index contributed by atoms with van der Waals surface area (Å²) in [5.74, 6) is 0.722. The maximum absolute atomic E-state index is 11.4. The molecule has 1 aromatic carbocycles. The third-order valence-corrected chi connectivity index (χ3v) is 2.14. The van der Waals surface area contributed by atoms with Gasteiger partial charge in [0.25, 0.3) is 0 Å². The third kappa shape index (κ3) is 2.89. The molecule has 2 N–H and O–H groups in total. The van der Waals surface area contributed by atoms with Gasteiger partial charge in [-0.1, -0.05) is 19.1 Å². The highest BCUT2D eigenvalue weighted by Gasteiger charge is 2.17. The Morgan fingerprint density at radius 2 is 2.25 bits per heavy atom. The van der Waals surface area contributed by atoms with Gasteiger partial charge < -0.3 is 10.5 Å². The van der Waals surface area contributed by atoms with Crippen molar-refractivity contribution in [2.24, 2.45) is 11.7 Å². The number of anilines is 1. The van der Waals surface area contributed by atoms with Crippen molar-refractivity contribution in [3.63, 3.8) is 0 Å². The number of nitrogens with two attached hydrogens (primary N) is 1. The van der Waals surface area contributed by atoms with Crippen LogP contribution in [0.1, 0.15) is 8.35 Å². The molecule has 0 aliphatic heterocycles. The molecule has 0 spiro atoms. The number of benzene rings is 1. The minimum Gasteiger partial charge on any atom is -0.495 e. The molecular weight excluding hydrogens is 204 g/mol. The number of para-hydroxylation sites is 2. The van der Waals surface area contributed by atoms with Crippen LogP contribution in [-0.2, 0) is 0 Å². The fraction of sp³-hybridized carbons (Fsp3) is 0.333. The first-order valence-corrected chi connectivity index (χ1v) is 5.09. The summed E-state index contributed by atoms with van der Waals surface area (Å²) in [4.78, 5) is 12.8. The summed E-state index contributed by atoms with van der Waals surface area (Å²) in [5, 5.41) is 0. The summed E-state index contributed by atoms with van der Waals surface area (Å²) in [6.07, 6.45) is 0. The van der Waals surface area contributed by atoms with E-state index in [1.165, 1.54) is 4.90 Å². The van der Waals surface area contributed by atoms with Gasteiger partial charge in [0.2, 0.25) is 0 Å². The number of ether oxygens (including phenoxy) is 1. The number of urea groups is 1. The Hall–Kier alpha value is -1.71. The standard InChI is InChI=1S/C12H17N2O2/c1-9(2)8-14(12(13)15)10-6-4-5-7-11(10)16-3/h4-7,9H,1,8H2,2-3H3,(H2,13,15)/p+1. The number of methoxy groups -OCH3 is 1. The molecule has 0 saturated heterocycles. The Balaban J connectivity index is 0.00000256. The topological polar surface area (TPSA) is 55.6 Å². The number of nitrogens with zero attached hydrogens (tertiary/aromatic N) is 1. The van der Waals surface area contributed by atoms with E-state index in [4.69, 9.17) is 10.5 Å². The Morgan fingerprint density at radius 3 is 2.75 bits per heavy atom. The number of carbonyl (C=O) groups is 1. The Kier molecular flexibility index (Phi) is 4.17. The molecule has 1 atom stereocenters. The van der Waals surface area contributed by atoms with Crippen LogP contribution in [0.4, 0.5) is 10.5 Å². The second-order valence-electron chi connectivity index (χ2n) is 3.73. The zero-order valence-corrected chi connectivity index (χ0v) is 9.64. The molecule has 0 saturated carbocycles. The highest BCUT2D eigenvalue weighted by atomic mass is 16.5. The van der Waals surface area contributed by atoms with E-state index in [9.17, 15) is 4.79 Å². The van der Waals surface area contributed by atoms with Gasteiger partial charge in [-0.15, -0.1) is 0 Å². The van der Waals surface area contributed by atoms with E-state index in [-0.39, 0.29) is 7.34 Å². The zero-order valence-electron chi connectivity index (χ0n) is 10.6. The van der Waals surface area contributed by atoms with Crippen LogP contribution in [0, 0.1) is 12.8 Å². The van der Waals surface area contributed by atoms with Crippen molar-refractivity contribution in [3.8, 4) is 5.75 Å². The first-order chi connectivity index (χ1) is 7.56. The van der Waals surface area contributed by atoms with Gasteiger partial charge in [-0.05, 0) is 25.0 Å². The second-order valence-corrected chi connectivity index (χ2v) is 3.73. The van der Waals surface area contributed by atoms with Crippen molar-refractivity contribution >= 4 is 11.7 Å². The summed E-state index contributed by atoms with van der Waals surface area (Å²) in [7, 11) is 1.56. The minimum absolute atomic E-state index is 0. The van der Waals surface area contributed by atoms with Crippen LogP contribution < -0.4 is 15.4 Å². The van der Waals surface area contributed by atoms with Crippen molar-refractivity contribution in [1.29, 1.82) is 0 Å². The molecule has 1 rings (SSSR count). The summed E-state index contributed by atoms with van der Waals surface area (Å²) >= 11 is 0. The normalized spacial score (nSPS) is 10.2. The Morgan fingerprint density at radius 1 is 1.62 bits per heavy atom. The molecule has 0 aliphatic carbocycles. The van der Waals surface area contributed by atoms with E-state index in [0.717, 1.165) is 0 Å². The lowest BCUT2D eigenvalue weighted by molar-refractivity contribution is 0.253. The van der Waals surface area contributed by atoms with Crippen molar-refractivity contribution in [2.45, 2.75) is 6.92 Å². The van der Waals surface area contributed by atoms with Crippen LogP contribution in [-0.4, -0.2) is 19.7 Å². The molecule has 1 aromatic rings. The molecule has 1 unspecified atom stereocenters. The summed E-state index contributed by atoms with van der Waals surface area (Å²) < 4.78 is 5.19. The first kappa shape index (κ1) is 12.4. The van der Waals surface area contributed by atoms with Crippen LogP contribution in [0.15, 0.2) is 24.3 Å². The highest BCUT2D eigenvalue weighted by Crippen LogP contribution is 2.27. The number of rotatable bonds is 4. The quantitative estimate of drug-likeness (QED) is 0.848. The number of amides is 2. The van der Waals surface area contributed by atoms with Crippen LogP contribution >= 0.6 is 0 Å². The van der Waals surface area contributed by atoms with Gasteiger partial charge in [-0.3, -0.25) is 4.90 Å². The van der Waals surface area contributed by atoms with Gasteiger partial charge in [0.15, 0.2) is 0 Å². The van der Waals surface area contributed by atoms with Crippen LogP contribution in [0.25, 0.3) is 0 Å². The smallest absolute Gasteiger partial charge is 0.495 e. The average Bonchev–Trinajstić information content (AvgIpc) is 2.25. The van der Waals surface area contributed by atoms with E-state index in [1.807, 2.05) is 19.1 Å². The largest absolute Gasteiger partial charge is 1.00 e. The fourth-order valence-corrected chi connectivity index (χ4v) is 1.47. The number of primary amides is 1. The second kappa shape index (κ2) is 5.39. The van der Waals surface area contributed by atoms with Crippen molar-refractivity contribution in [3.05, 3.63) is 31.2 Å². The predicted molar refractivity (Wildman–Crippen MR) is 65.6 cm³/mol. The van der Waals surface area contributed by atoms with Crippen molar-refractivity contribution in [2.75, 3.05) is 18.6 Å². The van der Waals surface area contributed by atoms with Crippen molar-refractivity contribution < 1.29 is 11.0 Å². The number of hydrogen-bond donors (Lipinski definition) is 1. The lowest BCUT2D eigenvalue weighted by Crippen LogP contribution is -2.38. The molecule has 0 aromatic heterocycles. The SMILES string of the molecule is [CH2]C(C)CN(C(N)=O)c1ccccc1OC.[H+]. The van der Waals surface area contributed by atoms with Crippen LogP contribution in [0.5, 0.6) is 5.75 Å². The van der Waals surface area contributed by atoms with Gasteiger partial charge in [-0.2, -0.15) is 0 Å². The van der Waals surface area contributed by atoms with Crippen LogP contribution in [0.2, 0.25) is 0 Å². The third-order valence-electron chi connectivity index (χ3n) is 2.14. The van der Waals surface area contributed by atoms with Gasteiger partial charge in [0.05, 0.1) is 12.8 Å². The highest BCUT2D eigenvalue weighted by molar-refractivity contribution is 5.92. The number of carbonyl (C=O) groups excluding carboxylic acids is 1. The molecule has 0 heterocycles. The van der Waals surface area contributed by atoms with Gasteiger partial charge in [-0.25, -0.2) is 4.79 Å². The average molecular weight is 222 g/mol. The van der Waals surface area contributed by atoms with Crippen LogP contribution in [0.3, 0.4) is 0 Å². The molecule has 0 fully saturated rings. The van der Waals surface area contributed by atoms with E-state index < -0.39 is 6.03 Å². The van der Waals surface area contributed by atoms with E-state index in [1.54, 1.807) is 19.2 Å². The summed E-state index contributed by atoms with van der Waals surface area (Å²) in [5.41, 5.74) is 6.02. The molecule has 0 bridgehead atoms. The van der Waals surface area contributed by atoms with Gasteiger partial charge in [0, 0.05) is 6.54 Å². The maximum Gasteiger partial charge on any atom is 1.00 e. The zero-order chi connectivity index (χ0) is 12.1. The molecule has 4 heteroatoms. The summed E-state index contributed by atoms with van der Waals surface area (Å²) in [6, 6.07) is 6.77. The molecule has 1 radical (unpaired) electrons. The lowest BCUT2D eigenvalue weighted by Gasteiger charge is -2.24.